The van der Waals surface area contributed by atoms with Gasteiger partial charge < -0.3 is 10.1 Å². The minimum Gasteiger partial charge on any atom is -0.656 e. The van der Waals surface area contributed by atoms with Crippen molar-refractivity contribution < 1.29 is 9.53 Å². The normalized spacial score (nSPS) is 21.8. The van der Waals surface area contributed by atoms with Gasteiger partial charge in [-0.05, 0) is 40.3 Å². The molecule has 0 bridgehead atoms. The van der Waals surface area contributed by atoms with Gasteiger partial charge in [-0.3, -0.25) is 9.78 Å². The van der Waals surface area contributed by atoms with Crippen LogP contribution in [0, 0.1) is 11.8 Å². The van der Waals surface area contributed by atoms with Gasteiger partial charge in [-0.2, -0.15) is 0 Å². The topological polar surface area (TPSA) is 53.3 Å². The van der Waals surface area contributed by atoms with Crippen LogP contribution in [-0.4, -0.2) is 23.5 Å². The Balaban J connectivity index is 1.40. The standard InChI is InChI=1S/C33H33N2O2/c1-3-21-19-30(35-20-22(21)4-2)32(28-17-18-34-29-16-10-9-13-25(28)29)37-33(36)31-26-14-7-5-11-23(26)24-12-6-8-15-27(24)31/h5-18,21-22,30-32H,3-4,19-20H2,1-2H3/q-1/t21-,22-,30+,32?/m0/s1. The molecular weight excluding hydrogens is 456 g/mol. The van der Waals surface area contributed by atoms with E-state index in [0.29, 0.717) is 11.8 Å². The minimum atomic E-state index is -0.452. The highest BCUT2D eigenvalue weighted by Crippen LogP contribution is 2.47. The van der Waals surface area contributed by atoms with Crippen molar-refractivity contribution >= 4 is 16.9 Å². The Morgan fingerprint density at radius 2 is 1.54 bits per heavy atom. The molecule has 4 atom stereocenters. The number of ether oxygens (including phenoxy) is 1. The van der Waals surface area contributed by atoms with Crippen LogP contribution in [-0.2, 0) is 9.53 Å². The largest absolute Gasteiger partial charge is 0.656 e. The number of carbonyl (C=O) groups excluding carboxylic acids is 1. The molecule has 4 nitrogen and oxygen atoms in total. The summed E-state index contributed by atoms with van der Waals surface area (Å²) in [6, 6.07) is 26.4. The van der Waals surface area contributed by atoms with Crippen LogP contribution in [0.5, 0.6) is 0 Å². The van der Waals surface area contributed by atoms with Crippen LogP contribution in [0.4, 0.5) is 0 Å². The molecule has 0 radical (unpaired) electrons. The van der Waals surface area contributed by atoms with E-state index in [1.165, 1.54) is 0 Å². The third kappa shape index (κ3) is 4.23. The summed E-state index contributed by atoms with van der Waals surface area (Å²) >= 11 is 0. The lowest BCUT2D eigenvalue weighted by molar-refractivity contribution is -0.151. The number of hydrogen-bond donors (Lipinski definition) is 0. The molecule has 0 spiro atoms. The van der Waals surface area contributed by atoms with E-state index in [1.54, 1.807) is 0 Å². The summed E-state index contributed by atoms with van der Waals surface area (Å²) in [5.41, 5.74) is 6.18. The Labute approximate surface area is 219 Å². The van der Waals surface area contributed by atoms with Crippen LogP contribution in [0.3, 0.4) is 0 Å². The molecule has 1 fully saturated rings. The lowest BCUT2D eigenvalue weighted by atomic mass is 9.77. The average molecular weight is 490 g/mol. The smallest absolute Gasteiger partial charge is 0.318 e. The second-order valence-corrected chi connectivity index (χ2v) is 10.4. The summed E-state index contributed by atoms with van der Waals surface area (Å²) in [5.74, 6) is 0.538. The molecule has 3 aromatic carbocycles. The second-order valence-electron chi connectivity index (χ2n) is 10.4. The molecule has 2 heterocycles. The van der Waals surface area contributed by atoms with Crippen LogP contribution in [0.15, 0.2) is 85.1 Å². The molecular formula is C33H33N2O2-. The van der Waals surface area contributed by atoms with Gasteiger partial charge in [-0.1, -0.05) is 112 Å². The lowest BCUT2D eigenvalue weighted by Crippen LogP contribution is -2.35. The average Bonchev–Trinajstić information content (AvgIpc) is 3.30. The van der Waals surface area contributed by atoms with Crippen molar-refractivity contribution in [3.63, 3.8) is 0 Å². The zero-order valence-electron chi connectivity index (χ0n) is 21.5. The van der Waals surface area contributed by atoms with Crippen molar-refractivity contribution in [2.45, 2.75) is 51.2 Å². The Morgan fingerprint density at radius 3 is 2.24 bits per heavy atom. The molecule has 0 amide bonds. The van der Waals surface area contributed by atoms with E-state index in [0.717, 1.165) is 64.5 Å². The molecule has 2 aliphatic rings. The third-order valence-electron chi connectivity index (χ3n) is 8.49. The number of nitrogens with zero attached hydrogens (tertiary/aromatic N) is 2. The first-order valence-electron chi connectivity index (χ1n) is 13.6. The molecule has 1 aromatic heterocycles. The van der Waals surface area contributed by atoms with Crippen LogP contribution < -0.4 is 0 Å². The summed E-state index contributed by atoms with van der Waals surface area (Å²) in [7, 11) is 0. The molecule has 37 heavy (non-hydrogen) atoms. The zero-order chi connectivity index (χ0) is 25.4. The molecule has 0 saturated carbocycles. The number of pyridine rings is 1. The number of aromatic nitrogens is 1. The highest BCUT2D eigenvalue weighted by molar-refractivity contribution is 5.94. The Bertz CT molecular complexity index is 1380. The van der Waals surface area contributed by atoms with E-state index in [2.05, 4.69) is 49.2 Å². The molecule has 1 unspecified atom stereocenters. The molecule has 0 N–H and O–H groups in total. The highest BCUT2D eigenvalue weighted by Gasteiger charge is 2.37. The van der Waals surface area contributed by atoms with Crippen molar-refractivity contribution in [3.05, 3.63) is 107 Å². The van der Waals surface area contributed by atoms with Crippen molar-refractivity contribution in [3.8, 4) is 11.1 Å². The summed E-state index contributed by atoms with van der Waals surface area (Å²) in [6.07, 6.45) is 4.56. The van der Waals surface area contributed by atoms with Gasteiger partial charge in [0, 0.05) is 17.1 Å². The van der Waals surface area contributed by atoms with E-state index >= 15 is 0 Å². The van der Waals surface area contributed by atoms with Crippen LogP contribution in [0.2, 0.25) is 0 Å². The zero-order valence-corrected chi connectivity index (χ0v) is 21.5. The fraction of sp³-hybridized carbons (Fsp3) is 0.333. The number of hydrogen-bond acceptors (Lipinski definition) is 3. The maximum Gasteiger partial charge on any atom is 0.318 e. The summed E-state index contributed by atoms with van der Waals surface area (Å²) in [5, 5.41) is 6.16. The minimum absolute atomic E-state index is 0.0746. The van der Waals surface area contributed by atoms with Gasteiger partial charge in [0.05, 0.1) is 5.52 Å². The quantitative estimate of drug-likeness (QED) is 0.259. The van der Waals surface area contributed by atoms with Gasteiger partial charge in [0.25, 0.3) is 0 Å². The van der Waals surface area contributed by atoms with E-state index in [1.807, 2.05) is 54.7 Å². The fourth-order valence-corrected chi connectivity index (χ4v) is 6.50. The number of para-hydroxylation sites is 1. The van der Waals surface area contributed by atoms with Crippen molar-refractivity contribution in [2.24, 2.45) is 11.8 Å². The molecule has 1 aliphatic carbocycles. The maximum absolute atomic E-state index is 14.1. The predicted molar refractivity (Wildman–Crippen MR) is 148 cm³/mol. The molecule has 188 valence electrons. The van der Waals surface area contributed by atoms with Crippen molar-refractivity contribution in [1.29, 1.82) is 0 Å². The fourth-order valence-electron chi connectivity index (χ4n) is 6.50. The number of piperidine rings is 1. The van der Waals surface area contributed by atoms with E-state index in [-0.39, 0.29) is 12.0 Å². The first-order chi connectivity index (χ1) is 18.2. The predicted octanol–water partition coefficient (Wildman–Crippen LogP) is 7.83. The number of carbonyl (C=O) groups is 1. The Hall–Kier alpha value is -3.50. The number of esters is 1. The number of fused-ring (bicyclic) bond motifs is 4. The van der Waals surface area contributed by atoms with Gasteiger partial charge in [0.1, 0.15) is 12.0 Å². The SMILES string of the molecule is CC[C@H]1C[N-][C@@H](C(OC(=O)C2c3ccccc3-c3ccccc32)c2ccnc3ccccc23)C[C@@H]1CC. The van der Waals surface area contributed by atoms with Gasteiger partial charge in [-0.25, -0.2) is 0 Å². The first-order valence-corrected chi connectivity index (χ1v) is 13.6. The van der Waals surface area contributed by atoms with Gasteiger partial charge in [0.15, 0.2) is 0 Å². The Kier molecular flexibility index (Phi) is 6.52. The number of benzene rings is 3. The monoisotopic (exact) mass is 489 g/mol. The van der Waals surface area contributed by atoms with Gasteiger partial charge in [-0.15, -0.1) is 6.54 Å². The molecule has 1 aliphatic heterocycles. The van der Waals surface area contributed by atoms with Crippen LogP contribution in [0.1, 0.15) is 61.8 Å². The third-order valence-corrected chi connectivity index (χ3v) is 8.49. The number of rotatable bonds is 6. The van der Waals surface area contributed by atoms with Crippen LogP contribution in [0.25, 0.3) is 27.3 Å². The summed E-state index contributed by atoms with van der Waals surface area (Å²) < 4.78 is 6.58. The van der Waals surface area contributed by atoms with Gasteiger partial charge >= 0.3 is 5.97 Å². The Morgan fingerprint density at radius 1 is 0.892 bits per heavy atom. The molecule has 6 rings (SSSR count). The molecule has 1 saturated heterocycles. The van der Waals surface area contributed by atoms with E-state index < -0.39 is 12.0 Å². The molecule has 4 aromatic rings. The maximum atomic E-state index is 14.1. The van der Waals surface area contributed by atoms with Crippen molar-refractivity contribution in [2.75, 3.05) is 6.54 Å². The summed E-state index contributed by atoms with van der Waals surface area (Å²) in [4.78, 5) is 18.7. The second kappa shape index (κ2) is 10.1. The van der Waals surface area contributed by atoms with E-state index in [4.69, 9.17) is 10.1 Å². The van der Waals surface area contributed by atoms with Crippen molar-refractivity contribution in [1.82, 2.24) is 4.98 Å². The van der Waals surface area contributed by atoms with E-state index in [9.17, 15) is 4.79 Å². The van der Waals surface area contributed by atoms with Crippen LogP contribution >= 0.6 is 0 Å². The summed E-state index contributed by atoms with van der Waals surface area (Å²) in [6.45, 7) is 5.35. The highest BCUT2D eigenvalue weighted by atomic mass is 16.5. The molecule has 4 heteroatoms. The lowest BCUT2D eigenvalue weighted by Gasteiger charge is -2.49. The first kappa shape index (κ1) is 23.9. The van der Waals surface area contributed by atoms with Gasteiger partial charge in [0.2, 0.25) is 0 Å².